The van der Waals surface area contributed by atoms with Gasteiger partial charge in [0.25, 0.3) is 5.91 Å². The Hall–Kier alpha value is -2.63. The van der Waals surface area contributed by atoms with Gasteiger partial charge in [-0.05, 0) is 42.0 Å². The van der Waals surface area contributed by atoms with Gasteiger partial charge in [-0.3, -0.25) is 10.1 Å². The Bertz CT molecular complexity index is 883. The summed E-state index contributed by atoms with van der Waals surface area (Å²) in [7, 11) is 0. The highest BCUT2D eigenvalue weighted by Gasteiger charge is 2.09. The smallest absolute Gasteiger partial charge is 0.257 e. The van der Waals surface area contributed by atoms with Crippen molar-refractivity contribution < 1.29 is 4.79 Å². The number of carbonyl (C=O) groups excluding carboxylic acids is 1. The molecular formula is C21H18N2OS2. The third-order valence-electron chi connectivity index (χ3n) is 3.64. The summed E-state index contributed by atoms with van der Waals surface area (Å²) in [5.74, 6) is 0.639. The third-order valence-corrected chi connectivity index (χ3v) is 4.98. The molecule has 0 saturated carbocycles. The molecule has 0 spiro atoms. The number of anilines is 1. The van der Waals surface area contributed by atoms with Crippen molar-refractivity contribution in [3.05, 3.63) is 96.1 Å². The lowest BCUT2D eigenvalue weighted by Gasteiger charge is -2.13. The number of rotatable bonds is 5. The maximum absolute atomic E-state index is 12.2. The van der Waals surface area contributed by atoms with Crippen molar-refractivity contribution in [1.29, 1.82) is 0 Å². The van der Waals surface area contributed by atoms with E-state index in [0.717, 1.165) is 16.3 Å². The third kappa shape index (κ3) is 5.18. The topological polar surface area (TPSA) is 41.1 Å². The second kappa shape index (κ2) is 9.17. The van der Waals surface area contributed by atoms with Gasteiger partial charge in [0, 0.05) is 16.2 Å². The van der Waals surface area contributed by atoms with Gasteiger partial charge in [0.05, 0.1) is 5.69 Å². The van der Waals surface area contributed by atoms with Crippen molar-refractivity contribution in [2.75, 3.05) is 5.32 Å². The molecule has 26 heavy (non-hydrogen) atoms. The summed E-state index contributed by atoms with van der Waals surface area (Å²) in [6, 6.07) is 27.2. The van der Waals surface area contributed by atoms with E-state index < -0.39 is 0 Å². The van der Waals surface area contributed by atoms with Crippen LogP contribution in [0.1, 0.15) is 15.9 Å². The number of nitrogens with one attached hydrogen (secondary N) is 2. The molecule has 0 fully saturated rings. The molecular weight excluding hydrogens is 360 g/mol. The highest BCUT2D eigenvalue weighted by atomic mass is 32.2. The normalized spacial score (nSPS) is 10.2. The van der Waals surface area contributed by atoms with Gasteiger partial charge in [0.15, 0.2) is 5.11 Å². The largest absolute Gasteiger partial charge is 0.331 e. The minimum Gasteiger partial charge on any atom is -0.331 e. The molecule has 130 valence electrons. The van der Waals surface area contributed by atoms with Crippen LogP contribution in [0.2, 0.25) is 0 Å². The number of thioether (sulfide) groups is 1. The zero-order valence-corrected chi connectivity index (χ0v) is 15.6. The summed E-state index contributed by atoms with van der Waals surface area (Å²) in [5.41, 5.74) is 2.71. The van der Waals surface area contributed by atoms with Gasteiger partial charge >= 0.3 is 0 Å². The molecule has 1 amide bonds. The Morgan fingerprint density at radius 3 is 2.19 bits per heavy atom. The molecule has 0 atom stereocenters. The molecule has 0 aromatic heterocycles. The molecule has 3 aromatic carbocycles. The average molecular weight is 379 g/mol. The maximum Gasteiger partial charge on any atom is 0.257 e. The number of hydrogen-bond acceptors (Lipinski definition) is 3. The van der Waals surface area contributed by atoms with Gasteiger partial charge in [-0.2, -0.15) is 0 Å². The molecule has 0 unspecified atom stereocenters. The van der Waals surface area contributed by atoms with Crippen LogP contribution < -0.4 is 10.6 Å². The van der Waals surface area contributed by atoms with Crippen LogP contribution in [-0.2, 0) is 5.75 Å². The molecule has 0 bridgehead atoms. The Labute approximate surface area is 162 Å². The Balaban J connectivity index is 1.62. The number of amides is 1. The van der Waals surface area contributed by atoms with Crippen molar-refractivity contribution >= 4 is 40.7 Å². The first-order valence-electron chi connectivity index (χ1n) is 8.15. The van der Waals surface area contributed by atoms with Crippen LogP contribution in [-0.4, -0.2) is 11.0 Å². The maximum atomic E-state index is 12.2. The van der Waals surface area contributed by atoms with Crippen molar-refractivity contribution in [2.45, 2.75) is 10.6 Å². The highest BCUT2D eigenvalue weighted by molar-refractivity contribution is 7.98. The molecule has 0 radical (unpaired) electrons. The van der Waals surface area contributed by atoms with Crippen LogP contribution in [0, 0.1) is 0 Å². The summed E-state index contributed by atoms with van der Waals surface area (Å²) in [5, 5.41) is 6.13. The Kier molecular flexibility index (Phi) is 6.41. The van der Waals surface area contributed by atoms with Crippen LogP contribution in [0.4, 0.5) is 5.69 Å². The van der Waals surface area contributed by atoms with E-state index in [4.69, 9.17) is 12.2 Å². The van der Waals surface area contributed by atoms with E-state index in [0.29, 0.717) is 5.56 Å². The first-order valence-corrected chi connectivity index (χ1v) is 9.55. The van der Waals surface area contributed by atoms with E-state index in [1.807, 2.05) is 60.7 Å². The fourth-order valence-electron chi connectivity index (χ4n) is 2.35. The van der Waals surface area contributed by atoms with Crippen LogP contribution in [0.15, 0.2) is 89.8 Å². The van der Waals surface area contributed by atoms with Gasteiger partial charge in [0.2, 0.25) is 0 Å². The molecule has 0 aliphatic rings. The van der Waals surface area contributed by atoms with Crippen LogP contribution in [0.5, 0.6) is 0 Å². The molecule has 3 rings (SSSR count). The zero-order valence-electron chi connectivity index (χ0n) is 14.0. The van der Waals surface area contributed by atoms with Crippen molar-refractivity contribution in [3.8, 4) is 0 Å². The number of para-hydroxylation sites is 1. The zero-order chi connectivity index (χ0) is 18.2. The lowest BCUT2D eigenvalue weighted by molar-refractivity contribution is 0.0977. The minimum absolute atomic E-state index is 0.225. The van der Waals surface area contributed by atoms with E-state index in [2.05, 4.69) is 22.8 Å². The molecule has 5 heteroatoms. The van der Waals surface area contributed by atoms with E-state index in [1.54, 1.807) is 23.9 Å². The Morgan fingerprint density at radius 2 is 1.46 bits per heavy atom. The Morgan fingerprint density at radius 1 is 0.846 bits per heavy atom. The second-order valence-corrected chi connectivity index (χ2v) is 6.97. The van der Waals surface area contributed by atoms with Gasteiger partial charge in [-0.25, -0.2) is 0 Å². The first-order chi connectivity index (χ1) is 12.7. The molecule has 3 nitrogen and oxygen atoms in total. The molecule has 0 aliphatic carbocycles. The lowest BCUT2D eigenvalue weighted by Crippen LogP contribution is -2.34. The SMILES string of the molecule is O=C(NC(=S)Nc1ccccc1SCc1ccccc1)c1ccccc1. The highest BCUT2D eigenvalue weighted by Crippen LogP contribution is 2.29. The number of benzene rings is 3. The van der Waals surface area contributed by atoms with E-state index in [1.165, 1.54) is 5.56 Å². The molecule has 0 saturated heterocycles. The lowest BCUT2D eigenvalue weighted by atomic mass is 10.2. The predicted octanol–water partition coefficient (Wildman–Crippen LogP) is 5.11. The second-order valence-electron chi connectivity index (χ2n) is 5.54. The molecule has 2 N–H and O–H groups in total. The standard InChI is InChI=1S/C21H18N2OS2/c24-20(17-11-5-2-6-12-17)23-21(25)22-18-13-7-8-14-19(18)26-15-16-9-3-1-4-10-16/h1-14H,15H2,(H2,22,23,24,25). The van der Waals surface area contributed by atoms with Gasteiger partial charge in [-0.1, -0.05) is 60.7 Å². The van der Waals surface area contributed by atoms with Gasteiger partial charge < -0.3 is 5.32 Å². The van der Waals surface area contributed by atoms with Crippen molar-refractivity contribution in [2.24, 2.45) is 0 Å². The predicted molar refractivity (Wildman–Crippen MR) is 113 cm³/mol. The quantitative estimate of drug-likeness (QED) is 0.478. The first kappa shape index (κ1) is 18.2. The average Bonchev–Trinajstić information content (AvgIpc) is 2.68. The fraction of sp³-hybridized carbons (Fsp3) is 0.0476. The number of thiocarbonyl (C=S) groups is 1. The van der Waals surface area contributed by atoms with Crippen LogP contribution in [0.25, 0.3) is 0 Å². The van der Waals surface area contributed by atoms with E-state index >= 15 is 0 Å². The van der Waals surface area contributed by atoms with Crippen LogP contribution >= 0.6 is 24.0 Å². The van der Waals surface area contributed by atoms with Crippen molar-refractivity contribution in [1.82, 2.24) is 5.32 Å². The summed E-state index contributed by atoms with van der Waals surface area (Å²) in [6.07, 6.45) is 0. The summed E-state index contributed by atoms with van der Waals surface area (Å²) in [6.45, 7) is 0. The van der Waals surface area contributed by atoms with E-state index in [-0.39, 0.29) is 11.0 Å². The monoisotopic (exact) mass is 378 g/mol. The number of hydrogen-bond donors (Lipinski definition) is 2. The molecule has 0 heterocycles. The van der Waals surface area contributed by atoms with Gasteiger partial charge in [0.1, 0.15) is 0 Å². The number of carbonyl (C=O) groups is 1. The summed E-state index contributed by atoms with van der Waals surface area (Å²) >= 11 is 7.02. The van der Waals surface area contributed by atoms with E-state index in [9.17, 15) is 4.79 Å². The van der Waals surface area contributed by atoms with Gasteiger partial charge in [-0.15, -0.1) is 11.8 Å². The van der Waals surface area contributed by atoms with Crippen molar-refractivity contribution in [3.63, 3.8) is 0 Å². The summed E-state index contributed by atoms with van der Waals surface area (Å²) in [4.78, 5) is 13.3. The molecule has 3 aromatic rings. The minimum atomic E-state index is -0.225. The molecule has 0 aliphatic heterocycles. The summed E-state index contributed by atoms with van der Waals surface area (Å²) < 4.78 is 0. The van der Waals surface area contributed by atoms with Crippen LogP contribution in [0.3, 0.4) is 0 Å². The fourth-order valence-corrected chi connectivity index (χ4v) is 3.52.